The molecule has 3 nitrogen and oxygen atoms in total. The first kappa shape index (κ1) is 15.9. The van der Waals surface area contributed by atoms with Crippen LogP contribution in [0, 0.1) is 5.92 Å². The Morgan fingerprint density at radius 3 is 2.61 bits per heavy atom. The molecule has 0 aromatic carbocycles. The van der Waals surface area contributed by atoms with E-state index in [2.05, 4.69) is 29.4 Å². The van der Waals surface area contributed by atoms with Crippen LogP contribution >= 0.6 is 0 Å². The van der Waals surface area contributed by atoms with E-state index >= 15 is 0 Å². The first-order chi connectivity index (χ1) is 8.86. The van der Waals surface area contributed by atoms with Crippen molar-refractivity contribution in [1.29, 1.82) is 0 Å². The first-order valence-electron chi connectivity index (χ1n) is 8.00. The number of rotatable bonds is 11. The predicted octanol–water partition coefficient (Wildman–Crippen LogP) is 2.09. The summed E-state index contributed by atoms with van der Waals surface area (Å²) in [5.41, 5.74) is 0. The molecular weight excluding hydrogens is 222 g/mol. The van der Waals surface area contributed by atoms with E-state index in [0.29, 0.717) is 0 Å². The van der Waals surface area contributed by atoms with Crippen LogP contribution in [-0.2, 0) is 0 Å². The molecule has 0 spiro atoms. The summed E-state index contributed by atoms with van der Waals surface area (Å²) in [4.78, 5) is 2.63. The van der Waals surface area contributed by atoms with E-state index in [9.17, 15) is 0 Å². The van der Waals surface area contributed by atoms with Crippen LogP contribution in [0.4, 0.5) is 0 Å². The fourth-order valence-corrected chi connectivity index (χ4v) is 2.62. The van der Waals surface area contributed by atoms with Crippen LogP contribution in [0.15, 0.2) is 0 Å². The fourth-order valence-electron chi connectivity index (χ4n) is 2.62. The lowest BCUT2D eigenvalue weighted by molar-refractivity contribution is 0.318. The Morgan fingerprint density at radius 2 is 1.83 bits per heavy atom. The van der Waals surface area contributed by atoms with Gasteiger partial charge in [-0.15, -0.1) is 0 Å². The summed E-state index contributed by atoms with van der Waals surface area (Å²) >= 11 is 0. The first-order valence-corrected chi connectivity index (χ1v) is 8.00. The van der Waals surface area contributed by atoms with Crippen LogP contribution in [-0.4, -0.2) is 50.7 Å². The Kier molecular flexibility index (Phi) is 9.54. The number of hydrogen-bond donors (Lipinski definition) is 2. The van der Waals surface area contributed by atoms with Gasteiger partial charge in [-0.25, -0.2) is 0 Å². The van der Waals surface area contributed by atoms with Crippen LogP contribution in [0.1, 0.15) is 46.0 Å². The SMILES string of the molecule is CCCCNCCN1CCC(CCNCCC)C1. The zero-order valence-electron chi connectivity index (χ0n) is 12.5. The van der Waals surface area contributed by atoms with E-state index in [1.165, 1.54) is 77.9 Å². The molecule has 0 aromatic rings. The van der Waals surface area contributed by atoms with Crippen molar-refractivity contribution in [3.8, 4) is 0 Å². The molecule has 0 aliphatic carbocycles. The Balaban J connectivity index is 1.92. The molecule has 1 heterocycles. The maximum Gasteiger partial charge on any atom is 0.0107 e. The number of likely N-dealkylation sites (tertiary alicyclic amines) is 1. The molecule has 108 valence electrons. The highest BCUT2D eigenvalue weighted by Gasteiger charge is 2.21. The zero-order chi connectivity index (χ0) is 13.1. The summed E-state index contributed by atoms with van der Waals surface area (Å²) < 4.78 is 0. The number of nitrogens with one attached hydrogen (secondary N) is 2. The summed E-state index contributed by atoms with van der Waals surface area (Å²) in [6.07, 6.45) is 6.62. The third-order valence-electron chi connectivity index (χ3n) is 3.84. The third kappa shape index (κ3) is 7.34. The second kappa shape index (κ2) is 10.8. The number of unbranched alkanes of at least 4 members (excludes halogenated alkanes) is 1. The smallest absolute Gasteiger partial charge is 0.0107 e. The minimum Gasteiger partial charge on any atom is -0.317 e. The summed E-state index contributed by atoms with van der Waals surface area (Å²) in [5, 5.41) is 7.05. The van der Waals surface area contributed by atoms with Crippen LogP contribution in [0.3, 0.4) is 0 Å². The van der Waals surface area contributed by atoms with E-state index in [-0.39, 0.29) is 0 Å². The standard InChI is InChI=1S/C15H33N3/c1-3-5-9-17-11-13-18-12-7-15(14-18)6-10-16-8-4-2/h15-17H,3-14H2,1-2H3. The quantitative estimate of drug-likeness (QED) is 0.554. The molecule has 0 saturated carbocycles. The molecule has 0 aromatic heterocycles. The summed E-state index contributed by atoms with van der Waals surface area (Å²) in [6, 6.07) is 0. The molecule has 1 unspecified atom stereocenters. The molecule has 1 aliphatic heterocycles. The molecule has 1 fully saturated rings. The Labute approximate surface area is 114 Å². The van der Waals surface area contributed by atoms with Gasteiger partial charge in [0, 0.05) is 19.6 Å². The van der Waals surface area contributed by atoms with Gasteiger partial charge in [-0.3, -0.25) is 0 Å². The van der Waals surface area contributed by atoms with Crippen molar-refractivity contribution in [3.63, 3.8) is 0 Å². The highest BCUT2D eigenvalue weighted by molar-refractivity contribution is 4.76. The van der Waals surface area contributed by atoms with E-state index in [1.807, 2.05) is 0 Å². The summed E-state index contributed by atoms with van der Waals surface area (Å²) in [6.45, 7) is 13.1. The molecule has 0 radical (unpaired) electrons. The monoisotopic (exact) mass is 255 g/mol. The minimum absolute atomic E-state index is 0.935. The number of nitrogens with zero attached hydrogens (tertiary/aromatic N) is 1. The van der Waals surface area contributed by atoms with Crippen LogP contribution < -0.4 is 10.6 Å². The third-order valence-corrected chi connectivity index (χ3v) is 3.84. The molecule has 0 bridgehead atoms. The molecule has 1 saturated heterocycles. The van der Waals surface area contributed by atoms with Crippen molar-refractivity contribution in [2.45, 2.75) is 46.0 Å². The normalized spacial score (nSPS) is 20.7. The highest BCUT2D eigenvalue weighted by Crippen LogP contribution is 2.18. The molecule has 2 N–H and O–H groups in total. The average Bonchev–Trinajstić information content (AvgIpc) is 2.82. The van der Waals surface area contributed by atoms with E-state index in [0.717, 1.165) is 5.92 Å². The Morgan fingerprint density at radius 1 is 1.00 bits per heavy atom. The van der Waals surface area contributed by atoms with Crippen LogP contribution in [0.5, 0.6) is 0 Å². The Bertz CT molecular complexity index is 185. The lowest BCUT2D eigenvalue weighted by Crippen LogP contribution is -2.31. The van der Waals surface area contributed by atoms with Crippen molar-refractivity contribution < 1.29 is 0 Å². The van der Waals surface area contributed by atoms with Gasteiger partial charge < -0.3 is 15.5 Å². The highest BCUT2D eigenvalue weighted by atomic mass is 15.2. The van der Waals surface area contributed by atoms with E-state index < -0.39 is 0 Å². The summed E-state index contributed by atoms with van der Waals surface area (Å²) in [7, 11) is 0. The largest absolute Gasteiger partial charge is 0.317 e. The van der Waals surface area contributed by atoms with Gasteiger partial charge in [-0.05, 0) is 57.8 Å². The van der Waals surface area contributed by atoms with Crippen molar-refractivity contribution >= 4 is 0 Å². The van der Waals surface area contributed by atoms with Crippen molar-refractivity contribution in [2.24, 2.45) is 5.92 Å². The Hall–Kier alpha value is -0.120. The van der Waals surface area contributed by atoms with Gasteiger partial charge in [0.25, 0.3) is 0 Å². The maximum atomic E-state index is 3.53. The fraction of sp³-hybridized carbons (Fsp3) is 1.00. The second-order valence-electron chi connectivity index (χ2n) is 5.60. The molecule has 1 aliphatic rings. The van der Waals surface area contributed by atoms with Gasteiger partial charge in [0.15, 0.2) is 0 Å². The van der Waals surface area contributed by atoms with E-state index in [4.69, 9.17) is 0 Å². The molecular formula is C15H33N3. The molecule has 18 heavy (non-hydrogen) atoms. The summed E-state index contributed by atoms with van der Waals surface area (Å²) in [5.74, 6) is 0.935. The second-order valence-corrected chi connectivity index (χ2v) is 5.60. The van der Waals surface area contributed by atoms with Crippen LogP contribution in [0.2, 0.25) is 0 Å². The molecule has 0 amide bonds. The number of hydrogen-bond acceptors (Lipinski definition) is 3. The molecule has 3 heteroatoms. The van der Waals surface area contributed by atoms with Gasteiger partial charge in [0.1, 0.15) is 0 Å². The maximum absolute atomic E-state index is 3.53. The topological polar surface area (TPSA) is 27.3 Å². The molecule has 1 atom stereocenters. The predicted molar refractivity (Wildman–Crippen MR) is 80.1 cm³/mol. The van der Waals surface area contributed by atoms with Crippen molar-refractivity contribution in [3.05, 3.63) is 0 Å². The molecule has 1 rings (SSSR count). The zero-order valence-corrected chi connectivity index (χ0v) is 12.5. The van der Waals surface area contributed by atoms with E-state index in [1.54, 1.807) is 0 Å². The average molecular weight is 255 g/mol. The van der Waals surface area contributed by atoms with Gasteiger partial charge in [0.05, 0.1) is 0 Å². The minimum atomic E-state index is 0.935. The van der Waals surface area contributed by atoms with Crippen molar-refractivity contribution in [2.75, 3.05) is 45.8 Å². The van der Waals surface area contributed by atoms with Crippen molar-refractivity contribution in [1.82, 2.24) is 15.5 Å². The van der Waals surface area contributed by atoms with Crippen LogP contribution in [0.25, 0.3) is 0 Å². The van der Waals surface area contributed by atoms with Gasteiger partial charge in [-0.1, -0.05) is 20.3 Å². The van der Waals surface area contributed by atoms with Gasteiger partial charge >= 0.3 is 0 Å². The lowest BCUT2D eigenvalue weighted by Gasteiger charge is -2.16. The van der Waals surface area contributed by atoms with Gasteiger partial charge in [-0.2, -0.15) is 0 Å². The van der Waals surface area contributed by atoms with Gasteiger partial charge in [0.2, 0.25) is 0 Å². The lowest BCUT2D eigenvalue weighted by atomic mass is 10.1.